The van der Waals surface area contributed by atoms with E-state index < -0.39 is 0 Å². The molecule has 1 aliphatic carbocycles. The van der Waals surface area contributed by atoms with Gasteiger partial charge in [0.25, 0.3) is 0 Å². The number of rotatable bonds is 9. The van der Waals surface area contributed by atoms with Crippen molar-refractivity contribution < 1.29 is 30.0 Å². The van der Waals surface area contributed by atoms with Gasteiger partial charge in [-0.3, -0.25) is 14.8 Å². The molecule has 4 nitrogen and oxygen atoms in total. The Kier molecular flexibility index (Phi) is 12.1. The van der Waals surface area contributed by atoms with Crippen LogP contribution in [0.1, 0.15) is 78.4 Å². The molecule has 6 aromatic rings. The topological polar surface area (TPSA) is 63.1 Å². The van der Waals surface area contributed by atoms with Crippen LogP contribution in [0.15, 0.2) is 103 Å². The molecular formula is C45H47IrN2O2S-. The summed E-state index contributed by atoms with van der Waals surface area (Å²) in [7, 11) is 0. The van der Waals surface area contributed by atoms with E-state index in [0.717, 1.165) is 55.2 Å². The summed E-state index contributed by atoms with van der Waals surface area (Å²) in [6.45, 7) is 12.1. The summed E-state index contributed by atoms with van der Waals surface area (Å²) < 4.78 is 1.24. The molecule has 3 aromatic heterocycles. The summed E-state index contributed by atoms with van der Waals surface area (Å²) in [6.07, 6.45) is 12.8. The zero-order valence-electron chi connectivity index (χ0n) is 30.5. The van der Waals surface area contributed by atoms with Crippen molar-refractivity contribution >= 4 is 38.0 Å². The minimum atomic E-state index is -0.337. The third-order valence-corrected chi connectivity index (χ3v) is 12.5. The molecule has 1 aliphatic rings. The van der Waals surface area contributed by atoms with Crippen LogP contribution in [0.2, 0.25) is 0 Å². The van der Waals surface area contributed by atoms with Crippen molar-refractivity contribution in [2.45, 2.75) is 80.1 Å². The maximum atomic E-state index is 12.2. The second-order valence-corrected chi connectivity index (χ2v) is 14.9. The smallest absolute Gasteiger partial charge is 0.164 e. The molecule has 0 saturated heterocycles. The second kappa shape index (κ2) is 16.2. The molecule has 6 heteroatoms. The predicted octanol–water partition coefficient (Wildman–Crippen LogP) is 12.4. The van der Waals surface area contributed by atoms with Gasteiger partial charge in [-0.2, -0.15) is 0 Å². The minimum absolute atomic E-state index is 0. The first-order valence-electron chi connectivity index (χ1n) is 18.0. The SMILES string of the molecule is CCC(C)(CC)C(=O)/C=C(\O)C(C)(CC)CC.[Ir].[c-]1c(-c2nccc3c4c(sc23)-c2cnccc2CC4)cc(-c2ccccc2)c2ccccc12. The molecule has 1 N–H and O–H groups in total. The zero-order chi connectivity index (χ0) is 35.5. The fourth-order valence-electron chi connectivity index (χ4n) is 6.74. The van der Waals surface area contributed by atoms with Crippen LogP contribution < -0.4 is 0 Å². The molecule has 3 aromatic carbocycles. The standard InChI is InChI=1S/C30H19N2S.C15H28O2.Ir/c1-2-6-19(7-3-1)26-17-22(16-21-8-4-5-9-23(21)26)28-30-25(13-15-32-28)24-11-10-20-12-14-31-18-27(20)29(24)33-30;1-7-14(5,8-2)12(16)11-13(17)15(6,9-3)10-4;/h1-9,12-15,17-18H,10-11H2;11,16H,7-10H2,1-6H3;/q-1;;/b;12-11-;. The number of thiophene rings is 1. The number of aryl methyl sites for hydroxylation is 2. The van der Waals surface area contributed by atoms with Gasteiger partial charge in [-0.25, -0.2) is 0 Å². The van der Waals surface area contributed by atoms with Crippen molar-refractivity contribution in [3.8, 4) is 32.8 Å². The monoisotopic (exact) mass is 872 g/mol. The van der Waals surface area contributed by atoms with E-state index in [9.17, 15) is 9.90 Å². The van der Waals surface area contributed by atoms with Gasteiger partial charge in [0.1, 0.15) is 5.76 Å². The van der Waals surface area contributed by atoms with Crippen LogP contribution in [0.3, 0.4) is 0 Å². The molecule has 7 rings (SSSR count). The molecule has 0 aliphatic heterocycles. The van der Waals surface area contributed by atoms with Gasteiger partial charge in [-0.15, -0.1) is 34.9 Å². The molecule has 265 valence electrons. The maximum absolute atomic E-state index is 12.2. The number of carbonyl (C=O) groups excluding carboxylic acids is 1. The number of aliphatic hydroxyl groups is 1. The third kappa shape index (κ3) is 7.51. The normalized spacial score (nSPS) is 12.8. The average molecular weight is 872 g/mol. The summed E-state index contributed by atoms with van der Waals surface area (Å²) >= 11 is 1.85. The number of hydrogen-bond acceptors (Lipinski definition) is 5. The Morgan fingerprint density at radius 3 is 2.24 bits per heavy atom. The van der Waals surface area contributed by atoms with Crippen LogP contribution >= 0.6 is 11.3 Å². The van der Waals surface area contributed by atoms with Crippen molar-refractivity contribution in [1.29, 1.82) is 0 Å². The van der Waals surface area contributed by atoms with Crippen molar-refractivity contribution in [1.82, 2.24) is 9.97 Å². The Bertz CT molecular complexity index is 2180. The fraction of sp³-hybridized carbons (Fsp3) is 0.311. The van der Waals surface area contributed by atoms with Crippen LogP contribution in [0.25, 0.3) is 53.7 Å². The first-order valence-corrected chi connectivity index (χ1v) is 18.8. The van der Waals surface area contributed by atoms with E-state index in [4.69, 9.17) is 4.98 Å². The van der Waals surface area contributed by atoms with E-state index in [-0.39, 0.29) is 42.5 Å². The third-order valence-electron chi connectivity index (χ3n) is 11.2. The van der Waals surface area contributed by atoms with E-state index in [2.05, 4.69) is 83.8 Å². The van der Waals surface area contributed by atoms with Gasteiger partial charge in [0, 0.05) is 76.4 Å². The summed E-state index contributed by atoms with van der Waals surface area (Å²) in [5.74, 6) is 0.286. The largest absolute Gasteiger partial charge is 0.512 e. The van der Waals surface area contributed by atoms with E-state index in [1.54, 1.807) is 0 Å². The van der Waals surface area contributed by atoms with Gasteiger partial charge in [0.15, 0.2) is 5.78 Å². The molecule has 51 heavy (non-hydrogen) atoms. The Labute approximate surface area is 320 Å². The van der Waals surface area contributed by atoms with Crippen LogP contribution in [-0.2, 0) is 37.7 Å². The zero-order valence-corrected chi connectivity index (χ0v) is 33.7. The van der Waals surface area contributed by atoms with E-state index >= 15 is 0 Å². The molecule has 0 bridgehead atoms. The number of hydrogen-bond donors (Lipinski definition) is 1. The fourth-order valence-corrected chi connectivity index (χ4v) is 8.13. The molecule has 0 amide bonds. The van der Waals surface area contributed by atoms with Crippen LogP contribution in [0.5, 0.6) is 0 Å². The first kappa shape index (κ1) is 38.3. The second-order valence-electron chi connectivity index (χ2n) is 13.9. The minimum Gasteiger partial charge on any atom is -0.512 e. The van der Waals surface area contributed by atoms with Gasteiger partial charge < -0.3 is 5.11 Å². The summed E-state index contributed by atoms with van der Waals surface area (Å²) in [4.78, 5) is 22.8. The van der Waals surface area contributed by atoms with Gasteiger partial charge in [-0.05, 0) is 72.7 Å². The average Bonchev–Trinajstić information content (AvgIpc) is 3.57. The Morgan fingerprint density at radius 1 is 0.843 bits per heavy atom. The van der Waals surface area contributed by atoms with Gasteiger partial charge in [-0.1, -0.05) is 107 Å². The molecule has 0 spiro atoms. The van der Waals surface area contributed by atoms with Gasteiger partial charge in [0.05, 0.1) is 0 Å². The Hall–Kier alpha value is -3.96. The molecule has 0 fully saturated rings. The first-order chi connectivity index (χ1) is 24.2. The van der Waals surface area contributed by atoms with Crippen molar-refractivity contribution in [3.63, 3.8) is 0 Å². The molecular weight excluding hydrogens is 825 g/mol. The predicted molar refractivity (Wildman–Crippen MR) is 211 cm³/mol. The maximum Gasteiger partial charge on any atom is 0.164 e. The summed E-state index contributed by atoms with van der Waals surface area (Å²) in [5, 5.41) is 13.8. The number of ketones is 1. The molecule has 0 saturated carbocycles. The van der Waals surface area contributed by atoms with Crippen molar-refractivity contribution in [3.05, 3.63) is 120 Å². The molecule has 1 radical (unpaired) electrons. The molecule has 3 heterocycles. The van der Waals surface area contributed by atoms with E-state index in [0.29, 0.717) is 0 Å². The number of aromatic nitrogens is 2. The summed E-state index contributed by atoms with van der Waals surface area (Å²) in [6, 6.07) is 29.4. The van der Waals surface area contributed by atoms with Crippen LogP contribution in [0.4, 0.5) is 0 Å². The number of pyridine rings is 2. The quantitative estimate of drug-likeness (QED) is 0.0893. The Balaban J connectivity index is 0.000000242. The van der Waals surface area contributed by atoms with Crippen LogP contribution in [0, 0.1) is 16.9 Å². The van der Waals surface area contributed by atoms with Crippen LogP contribution in [-0.4, -0.2) is 20.9 Å². The number of nitrogens with zero attached hydrogens (tertiary/aromatic N) is 2. The Morgan fingerprint density at radius 2 is 1.53 bits per heavy atom. The van der Waals surface area contributed by atoms with Crippen molar-refractivity contribution in [2.24, 2.45) is 10.8 Å². The number of benzene rings is 3. The molecule has 0 unspecified atom stereocenters. The van der Waals surface area contributed by atoms with Gasteiger partial charge >= 0.3 is 0 Å². The number of allylic oxidation sites excluding steroid dienone is 2. The van der Waals surface area contributed by atoms with E-state index in [1.807, 2.05) is 71.5 Å². The summed E-state index contributed by atoms with van der Waals surface area (Å²) in [5.41, 5.74) is 7.98. The van der Waals surface area contributed by atoms with Crippen molar-refractivity contribution in [2.75, 3.05) is 0 Å². The molecule has 0 atom stereocenters. The number of fused-ring (bicyclic) bond motifs is 6. The number of aliphatic hydroxyl groups excluding tert-OH is 1. The van der Waals surface area contributed by atoms with E-state index in [1.165, 1.54) is 54.2 Å². The number of carbonyl (C=O) groups is 1. The van der Waals surface area contributed by atoms with Gasteiger partial charge in [0.2, 0.25) is 0 Å².